The number of ether oxygens (including phenoxy) is 1. The van der Waals surface area contributed by atoms with E-state index < -0.39 is 42.6 Å². The van der Waals surface area contributed by atoms with E-state index in [0.717, 1.165) is 0 Å². The van der Waals surface area contributed by atoms with Crippen LogP contribution in [0.2, 0.25) is 0 Å². The first-order valence-corrected chi connectivity index (χ1v) is 9.20. The lowest BCUT2D eigenvalue weighted by molar-refractivity contribution is -0.231. The van der Waals surface area contributed by atoms with Crippen LogP contribution in [0.5, 0.6) is 11.5 Å². The number of aliphatic hydroxyl groups excluding tert-OH is 4. The van der Waals surface area contributed by atoms with E-state index in [1.807, 2.05) is 0 Å². The van der Waals surface area contributed by atoms with E-state index in [1.54, 1.807) is 12.1 Å². The van der Waals surface area contributed by atoms with E-state index in [9.17, 15) is 35.4 Å². The maximum atomic E-state index is 13.0. The normalized spacial score (nSPS) is 26.7. The zero-order chi connectivity index (χ0) is 21.6. The Hall–Kier alpha value is -2.95. The Balaban J connectivity index is 1.87. The van der Waals surface area contributed by atoms with E-state index in [1.165, 1.54) is 30.5 Å². The van der Waals surface area contributed by atoms with Crippen molar-refractivity contribution < 1.29 is 39.8 Å². The first kappa shape index (κ1) is 20.3. The van der Waals surface area contributed by atoms with Crippen LogP contribution in [0.4, 0.5) is 0 Å². The Morgan fingerprint density at radius 2 is 1.60 bits per heavy atom. The summed E-state index contributed by atoms with van der Waals surface area (Å²) in [7, 11) is 0. The summed E-state index contributed by atoms with van der Waals surface area (Å²) in [6, 6.07) is 8.54. The first-order valence-electron chi connectivity index (χ1n) is 9.20. The molecule has 6 N–H and O–H groups in total. The lowest BCUT2D eigenvalue weighted by Crippen LogP contribution is -2.55. The van der Waals surface area contributed by atoms with Gasteiger partial charge in [-0.1, -0.05) is 12.1 Å². The molecule has 2 heterocycles. The van der Waals surface area contributed by atoms with Crippen LogP contribution < -0.4 is 5.43 Å². The van der Waals surface area contributed by atoms with Gasteiger partial charge in [-0.25, -0.2) is 0 Å². The minimum Gasteiger partial charge on any atom is -0.508 e. The van der Waals surface area contributed by atoms with Gasteiger partial charge in [-0.05, 0) is 29.8 Å². The molecule has 1 aliphatic heterocycles. The second kappa shape index (κ2) is 7.71. The maximum absolute atomic E-state index is 13.0. The molecule has 0 unspecified atom stereocenters. The number of fused-ring (bicyclic) bond motifs is 1. The molecule has 0 spiro atoms. The van der Waals surface area contributed by atoms with Crippen molar-refractivity contribution in [2.45, 2.75) is 30.5 Å². The molecule has 5 atom stereocenters. The molecule has 2 aromatic carbocycles. The molecule has 0 bridgehead atoms. The van der Waals surface area contributed by atoms with Crippen molar-refractivity contribution in [3.8, 4) is 22.6 Å². The molecule has 0 saturated carbocycles. The van der Waals surface area contributed by atoms with Crippen molar-refractivity contribution in [2.75, 3.05) is 6.61 Å². The van der Waals surface area contributed by atoms with Gasteiger partial charge in [-0.15, -0.1) is 0 Å². The van der Waals surface area contributed by atoms with Crippen LogP contribution in [0.3, 0.4) is 0 Å². The second-order valence-electron chi connectivity index (χ2n) is 7.15. The number of hydrogen-bond donors (Lipinski definition) is 6. The monoisotopic (exact) mass is 416 g/mol. The Morgan fingerprint density at radius 3 is 2.27 bits per heavy atom. The lowest BCUT2D eigenvalue weighted by Gasteiger charge is -2.40. The van der Waals surface area contributed by atoms with Crippen LogP contribution in [0.15, 0.2) is 51.9 Å². The van der Waals surface area contributed by atoms with Crippen LogP contribution in [0, 0.1) is 0 Å². The second-order valence-corrected chi connectivity index (χ2v) is 7.15. The summed E-state index contributed by atoms with van der Waals surface area (Å²) in [4.78, 5) is 13.0. The van der Waals surface area contributed by atoms with Crippen molar-refractivity contribution in [1.82, 2.24) is 0 Å². The number of hydrogen-bond acceptors (Lipinski definition) is 9. The fraction of sp³-hybridized carbons (Fsp3) is 0.286. The number of aliphatic hydroxyl groups is 4. The van der Waals surface area contributed by atoms with Crippen molar-refractivity contribution >= 4 is 11.0 Å². The van der Waals surface area contributed by atoms with Gasteiger partial charge in [0, 0.05) is 0 Å². The van der Waals surface area contributed by atoms with Gasteiger partial charge in [0.2, 0.25) is 5.43 Å². The van der Waals surface area contributed by atoms with Crippen LogP contribution in [0.25, 0.3) is 22.1 Å². The number of benzene rings is 2. The quantitative estimate of drug-likeness (QED) is 0.355. The Kier molecular flexibility index (Phi) is 5.22. The Labute approximate surface area is 169 Å². The fourth-order valence-corrected chi connectivity index (χ4v) is 3.67. The molecule has 0 amide bonds. The SMILES string of the molecule is O=c1c(-c2ccc(O)cc2)coc2c([C@@H]3O[C@H](CO)[C@@H](O)[C@@H](O)[C@@H]3O)c(O)ccc12. The van der Waals surface area contributed by atoms with E-state index >= 15 is 0 Å². The van der Waals surface area contributed by atoms with Crippen molar-refractivity contribution in [1.29, 1.82) is 0 Å². The molecule has 9 nitrogen and oxygen atoms in total. The molecule has 3 aromatic rings. The summed E-state index contributed by atoms with van der Waals surface area (Å²) in [5.74, 6) is -0.314. The van der Waals surface area contributed by atoms with Crippen molar-refractivity contribution in [3.05, 3.63) is 58.4 Å². The van der Waals surface area contributed by atoms with Crippen LogP contribution in [-0.4, -0.2) is 61.7 Å². The molecule has 0 radical (unpaired) electrons. The van der Waals surface area contributed by atoms with Gasteiger partial charge < -0.3 is 39.8 Å². The summed E-state index contributed by atoms with van der Waals surface area (Å²) in [5, 5.41) is 59.8. The van der Waals surface area contributed by atoms with E-state index in [2.05, 4.69) is 0 Å². The summed E-state index contributed by atoms with van der Waals surface area (Å²) in [6.07, 6.45) is -6.24. The highest BCUT2D eigenvalue weighted by atomic mass is 16.5. The molecule has 1 aromatic heterocycles. The summed E-state index contributed by atoms with van der Waals surface area (Å²) in [5.41, 5.74) is 0.150. The molecular formula is C21H20O9. The molecule has 4 rings (SSSR count). The predicted molar refractivity (Wildman–Crippen MR) is 104 cm³/mol. The fourth-order valence-electron chi connectivity index (χ4n) is 3.67. The molecule has 1 saturated heterocycles. The highest BCUT2D eigenvalue weighted by Gasteiger charge is 2.45. The van der Waals surface area contributed by atoms with Gasteiger partial charge in [0.25, 0.3) is 0 Å². The number of phenolic OH excluding ortho intramolecular Hbond substituents is 2. The van der Waals surface area contributed by atoms with Gasteiger partial charge in [-0.2, -0.15) is 0 Å². The molecule has 1 fully saturated rings. The number of rotatable bonds is 3. The largest absolute Gasteiger partial charge is 0.508 e. The zero-order valence-corrected chi connectivity index (χ0v) is 15.5. The van der Waals surface area contributed by atoms with Crippen molar-refractivity contribution in [2.24, 2.45) is 0 Å². The molecular weight excluding hydrogens is 396 g/mol. The smallest absolute Gasteiger partial charge is 0.200 e. The minimum absolute atomic E-state index is 0.0405. The highest BCUT2D eigenvalue weighted by molar-refractivity contribution is 5.86. The van der Waals surface area contributed by atoms with Gasteiger partial charge >= 0.3 is 0 Å². The van der Waals surface area contributed by atoms with Crippen LogP contribution in [0.1, 0.15) is 11.7 Å². The van der Waals surface area contributed by atoms with E-state index in [0.29, 0.717) is 5.56 Å². The third-order valence-corrected chi connectivity index (χ3v) is 5.31. The van der Waals surface area contributed by atoms with Crippen molar-refractivity contribution in [3.63, 3.8) is 0 Å². The van der Waals surface area contributed by atoms with Gasteiger partial charge in [0.1, 0.15) is 53.9 Å². The van der Waals surface area contributed by atoms with E-state index in [-0.39, 0.29) is 33.6 Å². The molecule has 9 heteroatoms. The topological polar surface area (TPSA) is 161 Å². The molecule has 30 heavy (non-hydrogen) atoms. The third kappa shape index (κ3) is 3.22. The molecule has 0 aliphatic carbocycles. The third-order valence-electron chi connectivity index (χ3n) is 5.31. The summed E-state index contributed by atoms with van der Waals surface area (Å²) in [6.45, 7) is -0.637. The first-order chi connectivity index (χ1) is 14.3. The van der Waals surface area contributed by atoms with Gasteiger partial charge in [0.15, 0.2) is 0 Å². The van der Waals surface area contributed by atoms with Crippen LogP contribution >= 0.6 is 0 Å². The van der Waals surface area contributed by atoms with Crippen LogP contribution in [-0.2, 0) is 4.74 Å². The molecule has 158 valence electrons. The van der Waals surface area contributed by atoms with Gasteiger partial charge in [-0.3, -0.25) is 4.79 Å². The number of aromatic hydroxyl groups is 2. The summed E-state index contributed by atoms with van der Waals surface area (Å²) >= 11 is 0. The average Bonchev–Trinajstić information content (AvgIpc) is 2.74. The van der Waals surface area contributed by atoms with Gasteiger partial charge in [0.05, 0.1) is 23.1 Å². The van der Waals surface area contributed by atoms with E-state index in [4.69, 9.17) is 9.15 Å². The predicted octanol–water partition coefficient (Wildman–Crippen LogP) is 0.386. The Morgan fingerprint density at radius 1 is 0.900 bits per heavy atom. The average molecular weight is 416 g/mol. The molecule has 1 aliphatic rings. The lowest BCUT2D eigenvalue weighted by atomic mass is 9.89. The zero-order valence-electron chi connectivity index (χ0n) is 15.5. The Bertz CT molecular complexity index is 1120. The maximum Gasteiger partial charge on any atom is 0.200 e. The number of phenols is 2. The minimum atomic E-state index is -1.65. The summed E-state index contributed by atoms with van der Waals surface area (Å²) < 4.78 is 11.1. The standard InChI is InChI=1S/C21H20O9/c22-7-14-17(26)18(27)19(28)21(30-14)15-13(24)6-5-11-16(25)12(8-29-20(11)15)9-1-3-10(23)4-2-9/h1-6,8,14,17-19,21-24,26-28H,7H2/t14-,17-,18-,19+,21+/m1/s1. The highest BCUT2D eigenvalue weighted by Crippen LogP contribution is 2.40.